The third-order valence-electron chi connectivity index (χ3n) is 3.78. The van der Waals surface area contributed by atoms with Crippen molar-refractivity contribution in [2.45, 2.75) is 11.5 Å². The molecule has 1 aromatic carbocycles. The zero-order chi connectivity index (χ0) is 16.6. The third kappa shape index (κ3) is 2.77. The molecule has 1 aliphatic rings. The Labute approximate surface area is 147 Å². The van der Waals surface area contributed by atoms with Crippen LogP contribution in [0.15, 0.2) is 30.5 Å². The number of hydrogen-bond acceptors (Lipinski definition) is 4. The lowest BCUT2D eigenvalue weighted by Gasteiger charge is -2.22. The molecule has 3 rings (SSSR count). The first-order chi connectivity index (χ1) is 11.1. The van der Waals surface area contributed by atoms with E-state index in [-0.39, 0.29) is 10.9 Å². The highest BCUT2D eigenvalue weighted by atomic mass is 79.9. The number of hydrogen-bond donors (Lipinski definition) is 0. The molecule has 2 aromatic rings. The van der Waals surface area contributed by atoms with Gasteiger partial charge in [0.15, 0.2) is 0 Å². The van der Waals surface area contributed by atoms with Crippen molar-refractivity contribution >= 4 is 33.4 Å². The summed E-state index contributed by atoms with van der Waals surface area (Å²) in [6.07, 6.45) is 1.54. The molecule has 1 atom stereocenters. The standard InChI is InChI=1S/C16H14BrClN2O3/c1-22-10-4-3-9(12(7-10)23-2)8-20-14(17)13-11(16(20)21)5-6-19-15(13)18/h3-7,14H,8H2,1-2H3. The molecule has 0 aliphatic carbocycles. The van der Waals surface area contributed by atoms with E-state index in [1.54, 1.807) is 31.3 Å². The molecule has 0 radical (unpaired) electrons. The van der Waals surface area contributed by atoms with Gasteiger partial charge in [0, 0.05) is 23.4 Å². The molecule has 5 nitrogen and oxygen atoms in total. The first-order valence-electron chi connectivity index (χ1n) is 6.87. The Bertz CT molecular complexity index is 769. The number of methoxy groups -OCH3 is 2. The topological polar surface area (TPSA) is 51.7 Å². The fraction of sp³-hybridized carbons (Fsp3) is 0.250. The second kappa shape index (κ2) is 6.37. The molecule has 7 heteroatoms. The highest BCUT2D eigenvalue weighted by Gasteiger charge is 2.37. The zero-order valence-electron chi connectivity index (χ0n) is 12.5. The number of ether oxygens (including phenoxy) is 2. The molecule has 0 fully saturated rings. The van der Waals surface area contributed by atoms with Gasteiger partial charge in [-0.05, 0) is 18.2 Å². The van der Waals surface area contributed by atoms with E-state index in [1.807, 2.05) is 12.1 Å². The maximum atomic E-state index is 12.6. The quantitative estimate of drug-likeness (QED) is 0.447. The molecule has 1 unspecified atom stereocenters. The number of pyridine rings is 1. The largest absolute Gasteiger partial charge is 0.497 e. The monoisotopic (exact) mass is 396 g/mol. The highest BCUT2D eigenvalue weighted by Crippen LogP contribution is 2.42. The number of rotatable bonds is 4. The first-order valence-corrected chi connectivity index (χ1v) is 8.16. The van der Waals surface area contributed by atoms with E-state index in [9.17, 15) is 4.79 Å². The fourth-order valence-corrected chi connectivity index (χ4v) is 3.78. The summed E-state index contributed by atoms with van der Waals surface area (Å²) >= 11 is 9.68. The number of benzene rings is 1. The van der Waals surface area contributed by atoms with Crippen LogP contribution in [0.25, 0.3) is 0 Å². The number of aromatic nitrogens is 1. The second-order valence-electron chi connectivity index (χ2n) is 5.01. The molecule has 1 aromatic heterocycles. The Hall–Kier alpha value is -1.79. The summed E-state index contributed by atoms with van der Waals surface area (Å²) in [6.45, 7) is 0.382. The molecular formula is C16H14BrClN2O3. The summed E-state index contributed by atoms with van der Waals surface area (Å²) < 4.78 is 10.6. The molecule has 0 N–H and O–H groups in total. The number of nitrogens with zero attached hydrogens (tertiary/aromatic N) is 2. The van der Waals surface area contributed by atoms with Gasteiger partial charge in [0.25, 0.3) is 5.91 Å². The molecule has 0 bridgehead atoms. The van der Waals surface area contributed by atoms with Crippen molar-refractivity contribution in [2.24, 2.45) is 0 Å². The van der Waals surface area contributed by atoms with E-state index in [2.05, 4.69) is 20.9 Å². The minimum absolute atomic E-state index is 0.0935. The number of carbonyl (C=O) groups excluding carboxylic acids is 1. The average molecular weight is 398 g/mol. The van der Waals surface area contributed by atoms with Crippen LogP contribution in [0.1, 0.15) is 26.4 Å². The van der Waals surface area contributed by atoms with Crippen LogP contribution in [0.3, 0.4) is 0 Å². The van der Waals surface area contributed by atoms with Crippen LogP contribution in [0.4, 0.5) is 0 Å². The molecule has 23 heavy (non-hydrogen) atoms. The van der Waals surface area contributed by atoms with Crippen LogP contribution in [-0.2, 0) is 6.54 Å². The van der Waals surface area contributed by atoms with Crippen molar-refractivity contribution in [3.63, 3.8) is 0 Å². The molecule has 2 heterocycles. The molecule has 1 amide bonds. The summed E-state index contributed by atoms with van der Waals surface area (Å²) in [4.78, 5) is 18.0. The predicted octanol–water partition coefficient (Wildman–Crippen LogP) is 3.80. The Morgan fingerprint density at radius 1 is 1.30 bits per heavy atom. The zero-order valence-corrected chi connectivity index (χ0v) is 14.9. The summed E-state index contributed by atoms with van der Waals surface area (Å²) in [5, 5.41) is 0.335. The van der Waals surface area contributed by atoms with E-state index < -0.39 is 0 Å². The van der Waals surface area contributed by atoms with Crippen LogP contribution in [-0.4, -0.2) is 30.0 Å². The molecule has 1 aliphatic heterocycles. The van der Waals surface area contributed by atoms with Crippen LogP contribution < -0.4 is 9.47 Å². The lowest BCUT2D eigenvalue weighted by atomic mass is 10.1. The van der Waals surface area contributed by atoms with Crippen molar-refractivity contribution in [2.75, 3.05) is 14.2 Å². The van der Waals surface area contributed by atoms with Gasteiger partial charge < -0.3 is 14.4 Å². The summed E-state index contributed by atoms with van der Waals surface area (Å²) in [5.41, 5.74) is 2.15. The van der Waals surface area contributed by atoms with E-state index >= 15 is 0 Å². The molecule has 0 spiro atoms. The van der Waals surface area contributed by atoms with Crippen molar-refractivity contribution in [3.05, 3.63) is 52.3 Å². The minimum Gasteiger partial charge on any atom is -0.497 e. The second-order valence-corrected chi connectivity index (χ2v) is 6.23. The predicted molar refractivity (Wildman–Crippen MR) is 90.3 cm³/mol. The van der Waals surface area contributed by atoms with Crippen molar-refractivity contribution in [1.29, 1.82) is 0 Å². The number of fused-ring (bicyclic) bond motifs is 1. The lowest BCUT2D eigenvalue weighted by molar-refractivity contribution is 0.0764. The minimum atomic E-state index is -0.321. The van der Waals surface area contributed by atoms with E-state index in [0.717, 1.165) is 5.56 Å². The van der Waals surface area contributed by atoms with Gasteiger partial charge in [0.05, 0.1) is 26.3 Å². The number of halogens is 2. The van der Waals surface area contributed by atoms with E-state index in [1.165, 1.54) is 6.20 Å². The van der Waals surface area contributed by atoms with Crippen LogP contribution >= 0.6 is 27.5 Å². The van der Waals surface area contributed by atoms with Gasteiger partial charge in [-0.2, -0.15) is 0 Å². The number of amides is 1. The van der Waals surface area contributed by atoms with Gasteiger partial charge in [-0.3, -0.25) is 4.79 Å². The van der Waals surface area contributed by atoms with Gasteiger partial charge in [0.2, 0.25) is 0 Å². The van der Waals surface area contributed by atoms with Crippen molar-refractivity contribution < 1.29 is 14.3 Å². The van der Waals surface area contributed by atoms with Crippen molar-refractivity contribution in [1.82, 2.24) is 9.88 Å². The fourth-order valence-electron chi connectivity index (χ4n) is 2.59. The SMILES string of the molecule is COc1ccc(CN2C(=O)c3ccnc(Cl)c3C2Br)c(OC)c1. The van der Waals surface area contributed by atoms with E-state index in [4.69, 9.17) is 21.1 Å². The Morgan fingerprint density at radius 3 is 2.74 bits per heavy atom. The third-order valence-corrected chi connectivity index (χ3v) is 5.03. The number of alkyl halides is 1. The molecule has 0 saturated carbocycles. The first kappa shape index (κ1) is 16.1. The van der Waals surface area contributed by atoms with Gasteiger partial charge >= 0.3 is 0 Å². The summed E-state index contributed by atoms with van der Waals surface area (Å²) in [6, 6.07) is 7.20. The maximum absolute atomic E-state index is 12.6. The highest BCUT2D eigenvalue weighted by molar-refractivity contribution is 9.09. The Balaban J connectivity index is 1.93. The van der Waals surface area contributed by atoms with E-state index in [0.29, 0.717) is 34.3 Å². The van der Waals surface area contributed by atoms with Gasteiger partial charge in [-0.1, -0.05) is 27.5 Å². The Kier molecular flexibility index (Phi) is 4.46. The molecule has 0 saturated heterocycles. The average Bonchev–Trinajstić information content (AvgIpc) is 2.81. The summed E-state index contributed by atoms with van der Waals surface area (Å²) in [7, 11) is 3.18. The van der Waals surface area contributed by atoms with Crippen LogP contribution in [0.5, 0.6) is 11.5 Å². The van der Waals surface area contributed by atoms with Gasteiger partial charge in [-0.15, -0.1) is 0 Å². The van der Waals surface area contributed by atoms with Crippen LogP contribution in [0, 0.1) is 0 Å². The van der Waals surface area contributed by atoms with Gasteiger partial charge in [0.1, 0.15) is 21.6 Å². The lowest BCUT2D eigenvalue weighted by Crippen LogP contribution is -2.25. The maximum Gasteiger partial charge on any atom is 0.255 e. The molecule has 120 valence electrons. The Morgan fingerprint density at radius 2 is 2.09 bits per heavy atom. The molecular weight excluding hydrogens is 384 g/mol. The smallest absolute Gasteiger partial charge is 0.255 e. The summed E-state index contributed by atoms with van der Waals surface area (Å²) in [5.74, 6) is 1.27. The van der Waals surface area contributed by atoms with Gasteiger partial charge in [-0.25, -0.2) is 4.98 Å². The number of carbonyl (C=O) groups is 1. The normalized spacial score (nSPS) is 16.4. The van der Waals surface area contributed by atoms with Crippen molar-refractivity contribution in [3.8, 4) is 11.5 Å². The van der Waals surface area contributed by atoms with Crippen LogP contribution in [0.2, 0.25) is 5.15 Å².